The topological polar surface area (TPSA) is 87.1 Å². The lowest BCUT2D eigenvalue weighted by atomic mass is 10.1. The molecule has 0 saturated carbocycles. The number of urea groups is 1. The van der Waals surface area contributed by atoms with Crippen molar-refractivity contribution in [1.29, 1.82) is 0 Å². The van der Waals surface area contributed by atoms with Crippen molar-refractivity contribution >= 4 is 17.8 Å². The minimum absolute atomic E-state index is 0.219. The van der Waals surface area contributed by atoms with Crippen LogP contribution in [0.2, 0.25) is 0 Å². The molecule has 2 amide bonds. The van der Waals surface area contributed by atoms with E-state index in [2.05, 4.69) is 33.2 Å². The maximum Gasteiger partial charge on any atom is 0.316 e. The number of nitrogens with zero attached hydrogens (tertiary/aromatic N) is 4. The highest BCUT2D eigenvalue weighted by Gasteiger charge is 2.28. The van der Waals surface area contributed by atoms with Crippen molar-refractivity contribution < 1.29 is 13.6 Å². The molecule has 1 aromatic heterocycles. The van der Waals surface area contributed by atoms with E-state index in [1.165, 1.54) is 34.7 Å². The highest BCUT2D eigenvalue weighted by molar-refractivity contribution is 8.03. The fraction of sp³-hybridized carbons (Fsp3) is 0.259. The summed E-state index contributed by atoms with van der Waals surface area (Å²) in [5, 5.41) is 13.5. The minimum Gasteiger partial charge on any atom is -0.362 e. The number of carbonyl (C=O) groups is 1. The van der Waals surface area contributed by atoms with Gasteiger partial charge in [0.25, 0.3) is 0 Å². The Bertz CT molecular complexity index is 1410. The summed E-state index contributed by atoms with van der Waals surface area (Å²) in [5.74, 6) is 0.311. The van der Waals surface area contributed by atoms with E-state index in [9.17, 15) is 13.6 Å². The number of allylic oxidation sites excluding steroid dienone is 1. The Kier molecular flexibility index (Phi) is 7.59. The first-order valence-corrected chi connectivity index (χ1v) is 13.0. The van der Waals surface area contributed by atoms with Crippen LogP contribution in [0.1, 0.15) is 6.42 Å². The number of hydrogen-bond donors (Lipinski definition) is 3. The molecule has 2 aromatic carbocycles. The quantitative estimate of drug-likeness (QED) is 0.413. The van der Waals surface area contributed by atoms with Gasteiger partial charge in [-0.15, -0.1) is 5.73 Å². The van der Waals surface area contributed by atoms with E-state index in [0.717, 1.165) is 25.2 Å². The van der Waals surface area contributed by atoms with Crippen molar-refractivity contribution in [3.05, 3.63) is 88.7 Å². The molecule has 5 rings (SSSR count). The highest BCUT2D eigenvalue weighted by atomic mass is 32.2. The number of carbonyl (C=O) groups excluding carboxylic acids is 1. The predicted octanol–water partition coefficient (Wildman–Crippen LogP) is 4.07. The second-order valence-electron chi connectivity index (χ2n) is 8.85. The van der Waals surface area contributed by atoms with Crippen LogP contribution in [0.4, 0.5) is 13.6 Å². The normalized spacial score (nSPS) is 17.0. The number of halogens is 2. The van der Waals surface area contributed by atoms with Crippen molar-refractivity contribution in [2.75, 3.05) is 26.7 Å². The number of amides is 2. The van der Waals surface area contributed by atoms with Crippen LogP contribution < -0.4 is 16.0 Å². The molecule has 8 nitrogen and oxygen atoms in total. The SMILES string of the molecule is C=C=C(Cn1nc(-c2ccc(F)cc2)nc1-c1ccc(F)cc1)N1CCC2=C(C1)SC(NC(=O)NC)NC2. The molecule has 2 aliphatic rings. The summed E-state index contributed by atoms with van der Waals surface area (Å²) in [6.07, 6.45) is 0.871. The molecule has 11 heteroatoms. The Balaban J connectivity index is 1.40. The summed E-state index contributed by atoms with van der Waals surface area (Å²) >= 11 is 1.59. The Morgan fingerprint density at radius 1 is 1.16 bits per heavy atom. The third-order valence-electron chi connectivity index (χ3n) is 6.42. The Labute approximate surface area is 223 Å². The molecule has 0 aliphatic carbocycles. The van der Waals surface area contributed by atoms with Crippen LogP contribution in [-0.2, 0) is 6.54 Å². The van der Waals surface area contributed by atoms with Gasteiger partial charge in [-0.25, -0.2) is 23.2 Å². The number of thioether (sulfide) groups is 1. The van der Waals surface area contributed by atoms with Crippen LogP contribution in [-0.4, -0.2) is 57.9 Å². The van der Waals surface area contributed by atoms with E-state index in [4.69, 9.17) is 10.1 Å². The Morgan fingerprint density at radius 2 is 1.84 bits per heavy atom. The van der Waals surface area contributed by atoms with Crippen LogP contribution in [0.25, 0.3) is 22.8 Å². The molecule has 3 aromatic rings. The van der Waals surface area contributed by atoms with Crippen molar-refractivity contribution in [3.63, 3.8) is 0 Å². The van der Waals surface area contributed by atoms with E-state index in [1.807, 2.05) is 0 Å². The number of hydrogen-bond acceptors (Lipinski definition) is 6. The second-order valence-corrected chi connectivity index (χ2v) is 10.1. The molecule has 1 unspecified atom stereocenters. The molecule has 0 bridgehead atoms. The highest BCUT2D eigenvalue weighted by Crippen LogP contribution is 2.34. The van der Waals surface area contributed by atoms with Gasteiger partial charge < -0.3 is 15.5 Å². The molecule has 3 heterocycles. The Hall–Kier alpha value is -3.92. The molecule has 2 aliphatic heterocycles. The molecular formula is C27H27F2N7OS. The van der Waals surface area contributed by atoms with Crippen LogP contribution >= 0.6 is 11.8 Å². The standard InChI is InChI=1S/C27H27F2N7OS/c1-3-22(35-13-12-19-14-31-27(33-26(37)30-2)38-23(19)16-35)15-36-25(18-6-10-21(29)11-7-18)32-24(34-36)17-4-8-20(28)9-5-17/h4-11,27,31H,1,12-16H2,2H3,(H2,30,33,37). The molecule has 0 saturated heterocycles. The number of nitrogens with one attached hydrogen (secondary N) is 3. The summed E-state index contributed by atoms with van der Waals surface area (Å²) in [5.41, 5.74) is 6.41. The van der Waals surface area contributed by atoms with E-state index in [1.54, 1.807) is 47.8 Å². The molecule has 3 N–H and O–H groups in total. The lowest BCUT2D eigenvalue weighted by Crippen LogP contribution is -2.50. The maximum atomic E-state index is 13.6. The Morgan fingerprint density at radius 3 is 2.50 bits per heavy atom. The summed E-state index contributed by atoms with van der Waals surface area (Å²) in [7, 11) is 1.59. The second kappa shape index (κ2) is 11.2. The average Bonchev–Trinajstić information content (AvgIpc) is 3.35. The zero-order valence-electron chi connectivity index (χ0n) is 20.8. The van der Waals surface area contributed by atoms with Crippen LogP contribution in [0.3, 0.4) is 0 Å². The molecule has 0 spiro atoms. The molecule has 1 atom stereocenters. The zero-order chi connectivity index (χ0) is 26.6. The lowest BCUT2D eigenvalue weighted by Gasteiger charge is -2.37. The van der Waals surface area contributed by atoms with Crippen LogP contribution in [0.15, 0.2) is 77.0 Å². The van der Waals surface area contributed by atoms with Crippen molar-refractivity contribution in [3.8, 4) is 22.8 Å². The molecule has 0 fully saturated rings. The summed E-state index contributed by atoms with van der Waals surface area (Å²) in [6, 6.07) is 11.8. The van der Waals surface area contributed by atoms with Gasteiger partial charge in [0.2, 0.25) is 0 Å². The fourth-order valence-electron chi connectivity index (χ4n) is 4.38. The summed E-state index contributed by atoms with van der Waals surface area (Å²) < 4.78 is 28.9. The predicted molar refractivity (Wildman–Crippen MR) is 144 cm³/mol. The van der Waals surface area contributed by atoms with Gasteiger partial charge in [-0.1, -0.05) is 18.3 Å². The number of aromatic nitrogens is 3. The molecular weight excluding hydrogens is 508 g/mol. The van der Waals surface area contributed by atoms with Gasteiger partial charge >= 0.3 is 6.03 Å². The van der Waals surface area contributed by atoms with Gasteiger partial charge in [0.05, 0.1) is 12.2 Å². The fourth-order valence-corrected chi connectivity index (χ4v) is 5.57. The smallest absolute Gasteiger partial charge is 0.316 e. The third-order valence-corrected chi connectivity index (χ3v) is 7.65. The van der Waals surface area contributed by atoms with Crippen molar-refractivity contribution in [2.24, 2.45) is 0 Å². The first kappa shape index (κ1) is 25.7. The summed E-state index contributed by atoms with van der Waals surface area (Å²) in [6.45, 7) is 6.45. The van der Waals surface area contributed by atoms with Gasteiger partial charge in [-0.3, -0.25) is 5.32 Å². The number of rotatable bonds is 6. The molecule has 38 heavy (non-hydrogen) atoms. The lowest BCUT2D eigenvalue weighted by molar-refractivity contribution is 0.241. The molecule has 196 valence electrons. The van der Waals surface area contributed by atoms with E-state index < -0.39 is 0 Å². The van der Waals surface area contributed by atoms with Crippen molar-refractivity contribution in [2.45, 2.75) is 18.5 Å². The zero-order valence-corrected chi connectivity index (χ0v) is 21.6. The van der Waals surface area contributed by atoms with Crippen molar-refractivity contribution in [1.82, 2.24) is 35.6 Å². The average molecular weight is 536 g/mol. The van der Waals surface area contributed by atoms with Crippen LogP contribution in [0, 0.1) is 11.6 Å². The minimum atomic E-state index is -0.342. The third kappa shape index (κ3) is 5.65. The van der Waals surface area contributed by atoms with Gasteiger partial charge in [0.1, 0.15) is 17.1 Å². The molecule has 0 radical (unpaired) electrons. The van der Waals surface area contributed by atoms with Gasteiger partial charge in [-0.2, -0.15) is 5.10 Å². The van der Waals surface area contributed by atoms with E-state index >= 15 is 0 Å². The largest absolute Gasteiger partial charge is 0.362 e. The van der Waals surface area contributed by atoms with Crippen LogP contribution in [0.5, 0.6) is 0 Å². The van der Waals surface area contributed by atoms with E-state index in [-0.39, 0.29) is 23.2 Å². The summed E-state index contributed by atoms with van der Waals surface area (Å²) in [4.78, 5) is 19.9. The van der Waals surface area contributed by atoms with Gasteiger partial charge in [-0.05, 0) is 60.5 Å². The van der Waals surface area contributed by atoms with E-state index in [0.29, 0.717) is 35.9 Å². The maximum absolute atomic E-state index is 13.6. The first-order chi connectivity index (χ1) is 18.4. The van der Waals surface area contributed by atoms with Gasteiger partial charge in [0.15, 0.2) is 11.6 Å². The first-order valence-electron chi connectivity index (χ1n) is 12.1. The number of benzene rings is 2. The van der Waals surface area contributed by atoms with Gasteiger partial charge in [0, 0.05) is 42.7 Å². The monoisotopic (exact) mass is 535 g/mol.